The summed E-state index contributed by atoms with van der Waals surface area (Å²) >= 11 is 0. The van der Waals surface area contributed by atoms with E-state index in [1.54, 1.807) is 0 Å². The molecule has 0 aromatic carbocycles. The third kappa shape index (κ3) is 18.7. The molecule has 0 N–H and O–H groups in total. The van der Waals surface area contributed by atoms with Gasteiger partial charge in [0.1, 0.15) is 0 Å². The molecule has 0 bridgehead atoms. The zero-order chi connectivity index (χ0) is 16.1. The van der Waals surface area contributed by atoms with E-state index in [9.17, 15) is 0 Å². The van der Waals surface area contributed by atoms with E-state index in [-0.39, 0.29) is 0 Å². The van der Waals surface area contributed by atoms with E-state index in [1.165, 1.54) is 38.5 Å². The summed E-state index contributed by atoms with van der Waals surface area (Å²) in [7, 11) is 0. The van der Waals surface area contributed by atoms with Gasteiger partial charge in [-0.2, -0.15) is 0 Å². The van der Waals surface area contributed by atoms with Gasteiger partial charge in [-0.3, -0.25) is 0 Å². The molecule has 0 spiro atoms. The molecule has 0 aliphatic carbocycles. The van der Waals surface area contributed by atoms with Crippen LogP contribution in [0.25, 0.3) is 0 Å². The van der Waals surface area contributed by atoms with Gasteiger partial charge < -0.3 is 0 Å². The van der Waals surface area contributed by atoms with Gasteiger partial charge in [0, 0.05) is 0 Å². The van der Waals surface area contributed by atoms with Crippen LogP contribution in [-0.4, -0.2) is 0 Å². The lowest BCUT2D eigenvalue weighted by molar-refractivity contribution is 0.694. The van der Waals surface area contributed by atoms with Gasteiger partial charge >= 0.3 is 0 Å². The van der Waals surface area contributed by atoms with Crippen molar-refractivity contribution < 1.29 is 0 Å². The topological polar surface area (TPSA) is 0 Å². The normalized spacial score (nSPS) is 11.5. The van der Waals surface area contributed by atoms with Crippen molar-refractivity contribution in [3.63, 3.8) is 0 Å². The maximum Gasteiger partial charge on any atom is -0.00929 e. The summed E-state index contributed by atoms with van der Waals surface area (Å²) in [6.07, 6.45) is 30.7. The maximum absolute atomic E-state index is 3.86. The molecule has 123 valence electrons. The minimum atomic E-state index is 0.990. The average molecular weight is 300 g/mol. The SMILES string of the molecule is [CH2]CCCCCC=CCC=CCC=CCC=C=CCCCC. The zero-order valence-corrected chi connectivity index (χ0v) is 14.6. The van der Waals surface area contributed by atoms with Gasteiger partial charge in [-0.15, -0.1) is 5.73 Å². The predicted molar refractivity (Wildman–Crippen MR) is 102 cm³/mol. The Morgan fingerprint density at radius 3 is 2.05 bits per heavy atom. The van der Waals surface area contributed by atoms with Crippen molar-refractivity contribution in [3.05, 3.63) is 61.3 Å². The Hall–Kier alpha value is -1.26. The molecular weight excluding hydrogens is 264 g/mol. The van der Waals surface area contributed by atoms with Crippen molar-refractivity contribution in [2.24, 2.45) is 0 Å². The molecule has 0 saturated heterocycles. The molecule has 0 aromatic rings. The third-order valence-electron chi connectivity index (χ3n) is 3.36. The molecule has 0 fully saturated rings. The van der Waals surface area contributed by atoms with Crippen LogP contribution in [0.15, 0.2) is 54.3 Å². The Balaban J connectivity index is 3.44. The second kappa shape index (κ2) is 19.7. The number of hydrogen-bond acceptors (Lipinski definition) is 0. The van der Waals surface area contributed by atoms with Crippen LogP contribution in [0.2, 0.25) is 0 Å². The summed E-state index contributed by atoms with van der Waals surface area (Å²) in [5.41, 5.74) is 3.23. The highest BCUT2D eigenvalue weighted by Crippen LogP contribution is 2.03. The van der Waals surface area contributed by atoms with E-state index in [1.807, 2.05) is 0 Å². The summed E-state index contributed by atoms with van der Waals surface area (Å²) in [5.74, 6) is 0. The van der Waals surface area contributed by atoms with E-state index in [0.29, 0.717) is 0 Å². The molecule has 0 nitrogen and oxygen atoms in total. The van der Waals surface area contributed by atoms with Crippen LogP contribution in [0, 0.1) is 6.92 Å². The number of allylic oxidation sites excluding steroid dienone is 7. The largest absolute Gasteiger partial charge is 0.129 e. The van der Waals surface area contributed by atoms with Crippen LogP contribution in [0.3, 0.4) is 0 Å². The minimum absolute atomic E-state index is 0.990. The molecule has 1 radical (unpaired) electrons. The third-order valence-corrected chi connectivity index (χ3v) is 3.36. The van der Waals surface area contributed by atoms with Gasteiger partial charge in [0.05, 0.1) is 0 Å². The first-order valence-electron chi connectivity index (χ1n) is 9.05. The molecule has 0 heteroatoms. The molecule has 0 aromatic heterocycles. The lowest BCUT2D eigenvalue weighted by Gasteiger charge is -1.93. The second-order valence-electron chi connectivity index (χ2n) is 5.54. The van der Waals surface area contributed by atoms with Crippen LogP contribution in [0.5, 0.6) is 0 Å². The van der Waals surface area contributed by atoms with Crippen LogP contribution in [0.4, 0.5) is 0 Å². The zero-order valence-electron chi connectivity index (χ0n) is 14.6. The van der Waals surface area contributed by atoms with Crippen molar-refractivity contribution >= 4 is 0 Å². The molecule has 0 aliphatic heterocycles. The standard InChI is InChI=1S/C22H35/c1-3-5-7-9-11-13-15-17-19-21-22-20-18-16-14-12-10-8-6-4-2/h10,13-15,18-21H,1,3-9,11,16-17,22H2,2H3. The van der Waals surface area contributed by atoms with Gasteiger partial charge in [0.2, 0.25) is 0 Å². The number of hydrogen-bond donors (Lipinski definition) is 0. The molecule has 0 aliphatic rings. The van der Waals surface area contributed by atoms with E-state index < -0.39 is 0 Å². The van der Waals surface area contributed by atoms with E-state index >= 15 is 0 Å². The molecule has 0 amide bonds. The van der Waals surface area contributed by atoms with Crippen molar-refractivity contribution in [2.75, 3.05) is 0 Å². The first-order valence-corrected chi connectivity index (χ1v) is 9.05. The maximum atomic E-state index is 3.86. The Kier molecular flexibility index (Phi) is 18.6. The second-order valence-corrected chi connectivity index (χ2v) is 5.54. The van der Waals surface area contributed by atoms with Crippen LogP contribution in [-0.2, 0) is 0 Å². The van der Waals surface area contributed by atoms with Crippen molar-refractivity contribution in [1.82, 2.24) is 0 Å². The highest BCUT2D eigenvalue weighted by atomic mass is 13.9. The highest BCUT2D eigenvalue weighted by molar-refractivity contribution is 4.99. The Morgan fingerprint density at radius 2 is 1.36 bits per heavy atom. The monoisotopic (exact) mass is 299 g/mol. The fourth-order valence-electron chi connectivity index (χ4n) is 1.98. The Morgan fingerprint density at radius 1 is 0.682 bits per heavy atom. The molecule has 22 heavy (non-hydrogen) atoms. The molecule has 0 heterocycles. The first-order chi connectivity index (χ1) is 10.9. The molecule has 0 saturated carbocycles. The minimum Gasteiger partial charge on any atom is -0.129 e. The lowest BCUT2D eigenvalue weighted by atomic mass is 10.1. The van der Waals surface area contributed by atoms with Gasteiger partial charge in [0.25, 0.3) is 0 Å². The summed E-state index contributed by atoms with van der Waals surface area (Å²) in [6.45, 7) is 6.08. The number of unbranched alkanes of at least 4 members (excludes halogenated alkanes) is 6. The summed E-state index contributed by atoms with van der Waals surface area (Å²) in [6, 6.07) is 0. The molecule has 0 rings (SSSR count). The molecule has 0 atom stereocenters. The van der Waals surface area contributed by atoms with Gasteiger partial charge in [-0.05, 0) is 57.1 Å². The van der Waals surface area contributed by atoms with Gasteiger partial charge in [-0.1, -0.05) is 76.0 Å². The predicted octanol–water partition coefficient (Wildman–Crippen LogP) is 7.51. The fourth-order valence-corrected chi connectivity index (χ4v) is 1.98. The van der Waals surface area contributed by atoms with Crippen LogP contribution >= 0.6 is 0 Å². The van der Waals surface area contributed by atoms with Crippen molar-refractivity contribution in [1.29, 1.82) is 0 Å². The quantitative estimate of drug-likeness (QED) is 0.177. The van der Waals surface area contributed by atoms with E-state index in [0.717, 1.165) is 32.1 Å². The van der Waals surface area contributed by atoms with Crippen LogP contribution in [0.1, 0.15) is 77.6 Å². The Bertz CT molecular complexity index is 348. The van der Waals surface area contributed by atoms with Crippen LogP contribution < -0.4 is 0 Å². The summed E-state index contributed by atoms with van der Waals surface area (Å²) in [4.78, 5) is 0. The van der Waals surface area contributed by atoms with E-state index in [4.69, 9.17) is 0 Å². The summed E-state index contributed by atoms with van der Waals surface area (Å²) < 4.78 is 0. The van der Waals surface area contributed by atoms with Gasteiger partial charge in [-0.25, -0.2) is 0 Å². The highest BCUT2D eigenvalue weighted by Gasteiger charge is 1.83. The number of rotatable bonds is 14. The smallest absolute Gasteiger partial charge is 0.00929 e. The molecule has 0 unspecified atom stereocenters. The summed E-state index contributed by atoms with van der Waals surface area (Å²) in [5, 5.41) is 0. The average Bonchev–Trinajstić information content (AvgIpc) is 2.54. The van der Waals surface area contributed by atoms with Crippen molar-refractivity contribution in [2.45, 2.75) is 77.6 Å². The lowest BCUT2D eigenvalue weighted by Crippen LogP contribution is -1.73. The first kappa shape index (κ1) is 20.7. The fraction of sp³-hybridized carbons (Fsp3) is 0.545. The Labute approximate surface area is 139 Å². The van der Waals surface area contributed by atoms with Crippen molar-refractivity contribution in [3.8, 4) is 0 Å². The van der Waals surface area contributed by atoms with Gasteiger partial charge in [0.15, 0.2) is 0 Å². The molecular formula is C22H35. The van der Waals surface area contributed by atoms with E-state index in [2.05, 4.69) is 68.2 Å².